The van der Waals surface area contributed by atoms with E-state index in [1.807, 2.05) is 57.8 Å². The van der Waals surface area contributed by atoms with Gasteiger partial charge in [0.15, 0.2) is 0 Å². The summed E-state index contributed by atoms with van der Waals surface area (Å²) in [5, 5.41) is 15.1. The summed E-state index contributed by atoms with van der Waals surface area (Å²) in [5.41, 5.74) is 4.84. The summed E-state index contributed by atoms with van der Waals surface area (Å²) >= 11 is 0. The summed E-state index contributed by atoms with van der Waals surface area (Å²) < 4.78 is 0. The van der Waals surface area contributed by atoms with E-state index in [1.54, 1.807) is 18.2 Å². The number of rotatable bonds is 7. The molecule has 0 aliphatic carbocycles. The largest absolute Gasteiger partial charge is 0.508 e. The van der Waals surface area contributed by atoms with E-state index in [9.17, 15) is 14.7 Å². The van der Waals surface area contributed by atoms with Crippen LogP contribution in [0.4, 0.5) is 5.69 Å². The van der Waals surface area contributed by atoms with Crippen molar-refractivity contribution in [2.24, 2.45) is 0 Å². The second-order valence-corrected chi connectivity index (χ2v) is 7.28. The van der Waals surface area contributed by atoms with Gasteiger partial charge < -0.3 is 15.7 Å². The minimum Gasteiger partial charge on any atom is -0.508 e. The third-order valence-corrected chi connectivity index (χ3v) is 4.79. The molecule has 1 atom stereocenters. The first-order valence-corrected chi connectivity index (χ1v) is 9.31. The molecule has 0 saturated carbocycles. The van der Waals surface area contributed by atoms with Crippen molar-refractivity contribution in [2.45, 2.75) is 33.7 Å². The number of phenolic OH excluding ortho intramolecular Hbond substituents is 1. The molecule has 2 rings (SSSR count). The van der Waals surface area contributed by atoms with Crippen LogP contribution in [0.1, 0.15) is 35.2 Å². The Balaban J connectivity index is 1.85. The van der Waals surface area contributed by atoms with Gasteiger partial charge in [-0.1, -0.05) is 29.8 Å². The van der Waals surface area contributed by atoms with E-state index in [1.165, 1.54) is 0 Å². The van der Waals surface area contributed by atoms with Crippen LogP contribution in [-0.2, 0) is 9.59 Å². The van der Waals surface area contributed by atoms with Gasteiger partial charge in [-0.05, 0) is 63.6 Å². The fraction of sp³-hybridized carbons (Fsp3) is 0.364. The summed E-state index contributed by atoms with van der Waals surface area (Å²) in [6.45, 7) is 7.93. The lowest BCUT2D eigenvalue weighted by Gasteiger charge is -2.24. The maximum atomic E-state index is 12.2. The van der Waals surface area contributed by atoms with Gasteiger partial charge in [-0.25, -0.2) is 0 Å². The van der Waals surface area contributed by atoms with Gasteiger partial charge >= 0.3 is 0 Å². The zero-order valence-corrected chi connectivity index (χ0v) is 17.2. The Morgan fingerprint density at radius 3 is 2.32 bits per heavy atom. The minimum atomic E-state index is -0.257. The number of carbonyl (C=O) groups is 2. The first kappa shape index (κ1) is 21.4. The molecule has 0 spiro atoms. The highest BCUT2D eigenvalue weighted by atomic mass is 16.3. The van der Waals surface area contributed by atoms with Crippen molar-refractivity contribution in [1.82, 2.24) is 10.2 Å². The Labute approximate surface area is 166 Å². The number of hydrogen-bond donors (Lipinski definition) is 3. The van der Waals surface area contributed by atoms with E-state index in [0.29, 0.717) is 0 Å². The van der Waals surface area contributed by atoms with E-state index >= 15 is 0 Å². The number of phenols is 1. The summed E-state index contributed by atoms with van der Waals surface area (Å²) in [4.78, 5) is 26.3. The monoisotopic (exact) mass is 383 g/mol. The van der Waals surface area contributed by atoms with Crippen LogP contribution in [0, 0.1) is 20.8 Å². The topological polar surface area (TPSA) is 81.7 Å². The van der Waals surface area contributed by atoms with Crippen molar-refractivity contribution in [3.63, 3.8) is 0 Å². The molecule has 0 saturated heterocycles. The van der Waals surface area contributed by atoms with Gasteiger partial charge in [-0.2, -0.15) is 0 Å². The van der Waals surface area contributed by atoms with Crippen LogP contribution in [0.5, 0.6) is 5.75 Å². The number of nitrogens with zero attached hydrogens (tertiary/aromatic N) is 1. The SMILES string of the molecule is Cc1cc(C)c(NC(=O)CNC(=O)CN(C)C(C)c2cccc(O)c2)c(C)c1. The first-order valence-electron chi connectivity index (χ1n) is 9.31. The second-order valence-electron chi connectivity index (χ2n) is 7.28. The molecule has 2 amide bonds. The van der Waals surface area contributed by atoms with Crippen molar-refractivity contribution in [3.05, 3.63) is 58.7 Å². The summed E-state index contributed by atoms with van der Waals surface area (Å²) in [6.07, 6.45) is 0. The Hall–Kier alpha value is -2.86. The number of nitrogens with one attached hydrogen (secondary N) is 2. The predicted octanol–water partition coefficient (Wildman–Crippen LogP) is 3.07. The Bertz CT molecular complexity index is 841. The molecular weight excluding hydrogens is 354 g/mol. The van der Waals surface area contributed by atoms with Gasteiger partial charge in [0.05, 0.1) is 13.1 Å². The zero-order valence-electron chi connectivity index (χ0n) is 17.2. The standard InChI is InChI=1S/C22H29N3O3/c1-14-9-15(2)22(16(3)10-14)24-20(27)12-23-21(28)13-25(5)17(4)18-7-6-8-19(26)11-18/h6-11,17,26H,12-13H2,1-5H3,(H,23,28)(H,24,27). The number of amides is 2. The molecule has 0 aromatic heterocycles. The van der Waals surface area contributed by atoms with Crippen molar-refractivity contribution < 1.29 is 14.7 Å². The molecule has 3 N–H and O–H groups in total. The lowest BCUT2D eigenvalue weighted by atomic mass is 10.1. The quantitative estimate of drug-likeness (QED) is 0.686. The molecule has 150 valence electrons. The van der Waals surface area contributed by atoms with Crippen LogP contribution >= 0.6 is 0 Å². The highest BCUT2D eigenvalue weighted by Gasteiger charge is 2.16. The molecule has 0 bridgehead atoms. The third kappa shape index (κ3) is 5.82. The first-order chi connectivity index (χ1) is 13.2. The Kier molecular flexibility index (Phi) is 7.18. The summed E-state index contributed by atoms with van der Waals surface area (Å²) in [6, 6.07) is 10.9. The lowest BCUT2D eigenvalue weighted by molar-refractivity contribution is -0.125. The highest BCUT2D eigenvalue weighted by molar-refractivity contribution is 5.96. The molecule has 0 radical (unpaired) electrons. The van der Waals surface area contributed by atoms with Crippen LogP contribution in [0.25, 0.3) is 0 Å². The average molecular weight is 383 g/mol. The molecule has 6 heteroatoms. The number of anilines is 1. The summed E-state index contributed by atoms with van der Waals surface area (Å²) in [5.74, 6) is -0.297. The fourth-order valence-corrected chi connectivity index (χ4v) is 3.20. The molecule has 0 heterocycles. The van der Waals surface area contributed by atoms with Crippen LogP contribution in [-0.4, -0.2) is 42.0 Å². The van der Waals surface area contributed by atoms with E-state index in [-0.39, 0.29) is 36.7 Å². The van der Waals surface area contributed by atoms with Crippen molar-refractivity contribution in [1.29, 1.82) is 0 Å². The molecule has 28 heavy (non-hydrogen) atoms. The van der Waals surface area contributed by atoms with Gasteiger partial charge in [0.25, 0.3) is 0 Å². The molecule has 2 aromatic rings. The zero-order chi connectivity index (χ0) is 20.8. The maximum absolute atomic E-state index is 12.2. The second kappa shape index (κ2) is 9.37. The van der Waals surface area contributed by atoms with Crippen LogP contribution in [0.3, 0.4) is 0 Å². The predicted molar refractivity (Wildman–Crippen MR) is 111 cm³/mol. The van der Waals surface area contributed by atoms with E-state index in [2.05, 4.69) is 10.6 Å². The van der Waals surface area contributed by atoms with Gasteiger partial charge in [0.1, 0.15) is 5.75 Å². The van der Waals surface area contributed by atoms with Crippen LogP contribution in [0.15, 0.2) is 36.4 Å². The molecule has 6 nitrogen and oxygen atoms in total. The molecule has 2 aromatic carbocycles. The number of benzene rings is 2. The Morgan fingerprint density at radius 1 is 1.07 bits per heavy atom. The molecule has 0 aliphatic heterocycles. The van der Waals surface area contributed by atoms with Gasteiger partial charge in [0.2, 0.25) is 11.8 Å². The summed E-state index contributed by atoms with van der Waals surface area (Å²) in [7, 11) is 1.83. The van der Waals surface area contributed by atoms with Crippen LogP contribution < -0.4 is 10.6 Å². The maximum Gasteiger partial charge on any atom is 0.243 e. The number of hydrogen-bond acceptors (Lipinski definition) is 4. The molecule has 0 fully saturated rings. The van der Waals surface area contributed by atoms with E-state index in [0.717, 1.165) is 27.9 Å². The van der Waals surface area contributed by atoms with Crippen molar-refractivity contribution in [2.75, 3.05) is 25.5 Å². The number of carbonyl (C=O) groups excluding carboxylic acids is 2. The number of likely N-dealkylation sites (N-methyl/N-ethyl adjacent to an activating group) is 1. The van der Waals surface area contributed by atoms with Gasteiger partial charge in [-0.3, -0.25) is 14.5 Å². The lowest BCUT2D eigenvalue weighted by Crippen LogP contribution is -2.40. The Morgan fingerprint density at radius 2 is 1.71 bits per heavy atom. The molecular formula is C22H29N3O3. The normalized spacial score (nSPS) is 11.9. The molecule has 0 aliphatic rings. The van der Waals surface area contributed by atoms with Crippen molar-refractivity contribution >= 4 is 17.5 Å². The highest BCUT2D eigenvalue weighted by Crippen LogP contribution is 2.22. The smallest absolute Gasteiger partial charge is 0.243 e. The van der Waals surface area contributed by atoms with Gasteiger partial charge in [-0.15, -0.1) is 0 Å². The number of aryl methyl sites for hydroxylation is 3. The van der Waals surface area contributed by atoms with Gasteiger partial charge in [0, 0.05) is 11.7 Å². The van der Waals surface area contributed by atoms with E-state index < -0.39 is 0 Å². The minimum absolute atomic E-state index is 0.0514. The molecule has 1 unspecified atom stereocenters. The average Bonchev–Trinajstić information content (AvgIpc) is 2.62. The van der Waals surface area contributed by atoms with Crippen LogP contribution in [0.2, 0.25) is 0 Å². The van der Waals surface area contributed by atoms with E-state index in [4.69, 9.17) is 0 Å². The fourth-order valence-electron chi connectivity index (χ4n) is 3.20. The third-order valence-electron chi connectivity index (χ3n) is 4.79. The van der Waals surface area contributed by atoms with Crippen molar-refractivity contribution in [3.8, 4) is 5.75 Å². The number of aromatic hydroxyl groups is 1.